The van der Waals surface area contributed by atoms with Crippen LogP contribution in [0, 0.1) is 5.82 Å². The monoisotopic (exact) mass is 498 g/mol. The molecule has 3 rings (SSSR count). The number of hydrogen-bond acceptors (Lipinski definition) is 5. The molecule has 0 atom stereocenters. The molecule has 0 heterocycles. The summed E-state index contributed by atoms with van der Waals surface area (Å²) >= 11 is 0. The average molecular weight is 499 g/mol. The van der Waals surface area contributed by atoms with Gasteiger partial charge in [0, 0.05) is 11.3 Å². The van der Waals surface area contributed by atoms with Gasteiger partial charge in [0.2, 0.25) is 10.0 Å². The third-order valence-electron chi connectivity index (χ3n) is 5.17. The zero-order valence-electron chi connectivity index (χ0n) is 19.5. The highest BCUT2D eigenvalue weighted by Crippen LogP contribution is 2.22. The van der Waals surface area contributed by atoms with Crippen LogP contribution in [0.1, 0.15) is 46.0 Å². The molecule has 0 unspecified atom stereocenters. The summed E-state index contributed by atoms with van der Waals surface area (Å²) in [4.78, 5) is 24.6. The van der Waals surface area contributed by atoms with Crippen molar-refractivity contribution in [1.29, 1.82) is 0 Å². The number of benzene rings is 3. The number of nitrogens with one attached hydrogen (secondary N) is 1. The fourth-order valence-electron chi connectivity index (χ4n) is 3.22. The molecule has 0 bridgehead atoms. The predicted molar refractivity (Wildman–Crippen MR) is 133 cm³/mol. The lowest BCUT2D eigenvalue weighted by Gasteiger charge is -2.22. The van der Waals surface area contributed by atoms with E-state index in [1.165, 1.54) is 52.8 Å². The van der Waals surface area contributed by atoms with Gasteiger partial charge in [0.05, 0.1) is 30.7 Å². The first-order valence-electron chi connectivity index (χ1n) is 11.1. The second-order valence-electron chi connectivity index (χ2n) is 7.96. The second-order valence-corrected chi connectivity index (χ2v) is 9.87. The normalized spacial score (nSPS) is 11.1. The van der Waals surface area contributed by atoms with Crippen molar-refractivity contribution in [2.24, 2.45) is 0 Å². The zero-order chi connectivity index (χ0) is 25.4. The first-order valence-corrected chi connectivity index (χ1v) is 12.9. The van der Waals surface area contributed by atoms with Crippen molar-refractivity contribution in [1.82, 2.24) is 0 Å². The number of amides is 1. The molecule has 0 aromatic heterocycles. The number of nitrogens with zero attached hydrogens (tertiary/aromatic N) is 1. The summed E-state index contributed by atoms with van der Waals surface area (Å²) in [7, 11) is -3.63. The summed E-state index contributed by atoms with van der Waals surface area (Å²) in [6.45, 7) is 2.40. The predicted octanol–water partition coefficient (Wildman–Crippen LogP) is 5.00. The number of rotatable bonds is 10. The van der Waals surface area contributed by atoms with E-state index >= 15 is 0 Å². The molecule has 7 nitrogen and oxygen atoms in total. The van der Waals surface area contributed by atoms with Crippen LogP contribution in [-0.4, -0.2) is 33.2 Å². The lowest BCUT2D eigenvalue weighted by Crippen LogP contribution is -2.29. The maximum atomic E-state index is 13.2. The van der Waals surface area contributed by atoms with Gasteiger partial charge in [0.1, 0.15) is 5.82 Å². The van der Waals surface area contributed by atoms with E-state index < -0.39 is 21.8 Å². The molecule has 0 fully saturated rings. The van der Waals surface area contributed by atoms with Crippen LogP contribution in [0.2, 0.25) is 0 Å². The topological polar surface area (TPSA) is 92.8 Å². The first kappa shape index (κ1) is 25.9. The van der Waals surface area contributed by atoms with Crippen LogP contribution in [0.15, 0.2) is 72.8 Å². The van der Waals surface area contributed by atoms with E-state index in [2.05, 4.69) is 5.32 Å². The molecular weight excluding hydrogens is 471 g/mol. The number of sulfonamides is 1. The number of unbranched alkanes of at least 4 members (excludes halogenated alkanes) is 1. The van der Waals surface area contributed by atoms with Gasteiger partial charge >= 0.3 is 5.97 Å². The van der Waals surface area contributed by atoms with E-state index in [0.717, 1.165) is 19.1 Å². The van der Waals surface area contributed by atoms with Crippen molar-refractivity contribution in [2.45, 2.75) is 26.3 Å². The maximum Gasteiger partial charge on any atom is 0.338 e. The average Bonchev–Trinajstić information content (AvgIpc) is 2.83. The Morgan fingerprint density at radius 1 is 0.914 bits per heavy atom. The Hall–Kier alpha value is -3.72. The van der Waals surface area contributed by atoms with Crippen LogP contribution in [0.3, 0.4) is 0 Å². The van der Waals surface area contributed by atoms with E-state index in [4.69, 9.17) is 4.74 Å². The molecule has 35 heavy (non-hydrogen) atoms. The van der Waals surface area contributed by atoms with Gasteiger partial charge in [-0.2, -0.15) is 0 Å². The minimum absolute atomic E-state index is 0.0257. The summed E-state index contributed by atoms with van der Waals surface area (Å²) in [5.41, 5.74) is 2.21. The van der Waals surface area contributed by atoms with Crippen LogP contribution in [0.5, 0.6) is 0 Å². The molecule has 3 aromatic carbocycles. The Labute approximate surface area is 204 Å². The van der Waals surface area contributed by atoms with Crippen molar-refractivity contribution in [2.75, 3.05) is 22.5 Å². The molecule has 0 saturated heterocycles. The van der Waals surface area contributed by atoms with Crippen LogP contribution in [-0.2, 0) is 21.3 Å². The highest BCUT2D eigenvalue weighted by molar-refractivity contribution is 7.92. The van der Waals surface area contributed by atoms with Gasteiger partial charge in [0.25, 0.3) is 5.91 Å². The fraction of sp³-hybridized carbons (Fsp3) is 0.231. The highest BCUT2D eigenvalue weighted by atomic mass is 32.2. The first-order chi connectivity index (χ1) is 16.7. The van der Waals surface area contributed by atoms with Crippen molar-refractivity contribution in [3.05, 3.63) is 95.3 Å². The maximum absolute atomic E-state index is 13.2. The van der Waals surface area contributed by atoms with Crippen molar-refractivity contribution < 1.29 is 27.1 Å². The summed E-state index contributed by atoms with van der Waals surface area (Å²) in [5, 5.41) is 2.74. The molecular formula is C26H27FN2O5S. The Bertz CT molecular complexity index is 1260. The summed E-state index contributed by atoms with van der Waals surface area (Å²) in [6.07, 6.45) is 2.81. The SMILES string of the molecule is CCCCOC(=O)c1ccc(NC(=O)c2ccc(N(Cc3ccc(F)cc3)S(C)(=O)=O)cc2)cc1. The number of anilines is 2. The zero-order valence-corrected chi connectivity index (χ0v) is 20.3. The minimum Gasteiger partial charge on any atom is -0.462 e. The standard InChI is InChI=1S/C26H27FN2O5S/c1-3-4-17-34-26(31)21-7-13-23(14-8-21)28-25(30)20-9-15-24(16-10-20)29(35(2,32)33)18-19-5-11-22(27)12-6-19/h5-16H,3-4,17-18H2,1-2H3,(H,28,30). The van der Waals surface area contributed by atoms with Crippen LogP contribution in [0.4, 0.5) is 15.8 Å². The second kappa shape index (κ2) is 11.6. The van der Waals surface area contributed by atoms with E-state index in [-0.39, 0.29) is 12.5 Å². The van der Waals surface area contributed by atoms with Gasteiger partial charge < -0.3 is 10.1 Å². The van der Waals surface area contributed by atoms with Gasteiger partial charge in [-0.25, -0.2) is 17.6 Å². The van der Waals surface area contributed by atoms with E-state index in [9.17, 15) is 22.4 Å². The van der Waals surface area contributed by atoms with Crippen LogP contribution >= 0.6 is 0 Å². The number of hydrogen-bond donors (Lipinski definition) is 1. The van der Waals surface area contributed by atoms with Gasteiger partial charge in [-0.15, -0.1) is 0 Å². The highest BCUT2D eigenvalue weighted by Gasteiger charge is 2.19. The number of ether oxygens (including phenoxy) is 1. The molecule has 1 N–H and O–H groups in total. The van der Waals surface area contributed by atoms with Crippen LogP contribution < -0.4 is 9.62 Å². The third kappa shape index (κ3) is 7.38. The van der Waals surface area contributed by atoms with Crippen LogP contribution in [0.25, 0.3) is 0 Å². The Kier molecular flexibility index (Phi) is 8.59. The summed E-state index contributed by atoms with van der Waals surface area (Å²) in [5.74, 6) is -1.21. The number of esters is 1. The quantitative estimate of drug-likeness (QED) is 0.314. The molecule has 1 amide bonds. The van der Waals surface area contributed by atoms with Gasteiger partial charge in [-0.1, -0.05) is 25.5 Å². The van der Waals surface area contributed by atoms with Gasteiger partial charge in [0.15, 0.2) is 0 Å². The number of carbonyl (C=O) groups excluding carboxylic acids is 2. The Morgan fingerprint density at radius 2 is 1.51 bits per heavy atom. The summed E-state index contributed by atoms with van der Waals surface area (Å²) in [6, 6.07) is 18.1. The summed E-state index contributed by atoms with van der Waals surface area (Å²) < 4.78 is 44.2. The molecule has 3 aromatic rings. The Morgan fingerprint density at radius 3 is 2.09 bits per heavy atom. The van der Waals surface area contributed by atoms with Gasteiger partial charge in [-0.3, -0.25) is 9.10 Å². The third-order valence-corrected chi connectivity index (χ3v) is 6.31. The number of halogens is 1. The lowest BCUT2D eigenvalue weighted by atomic mass is 10.1. The van der Waals surface area contributed by atoms with Crippen molar-refractivity contribution in [3.63, 3.8) is 0 Å². The molecule has 0 aliphatic heterocycles. The van der Waals surface area contributed by atoms with E-state index in [1.54, 1.807) is 24.3 Å². The molecule has 0 spiro atoms. The molecule has 0 radical (unpaired) electrons. The van der Waals surface area contributed by atoms with E-state index in [0.29, 0.717) is 34.7 Å². The smallest absolute Gasteiger partial charge is 0.338 e. The number of carbonyl (C=O) groups is 2. The minimum atomic E-state index is -3.63. The fourth-order valence-corrected chi connectivity index (χ4v) is 4.11. The molecule has 184 valence electrons. The molecule has 0 aliphatic rings. The van der Waals surface area contributed by atoms with E-state index in [1.807, 2.05) is 6.92 Å². The molecule has 9 heteroatoms. The van der Waals surface area contributed by atoms with Crippen molar-refractivity contribution in [3.8, 4) is 0 Å². The van der Waals surface area contributed by atoms with Gasteiger partial charge in [-0.05, 0) is 72.6 Å². The largest absolute Gasteiger partial charge is 0.462 e. The Balaban J connectivity index is 1.67. The molecule has 0 saturated carbocycles. The molecule has 0 aliphatic carbocycles. The van der Waals surface area contributed by atoms with Crippen molar-refractivity contribution >= 4 is 33.3 Å². The lowest BCUT2D eigenvalue weighted by molar-refractivity contribution is 0.0499.